The molecule has 0 atom stereocenters. The third kappa shape index (κ3) is 2.73. The molecule has 0 saturated heterocycles. The molecular weight excluding hydrogens is 247 g/mol. The molecule has 100 valence electrons. The van der Waals surface area contributed by atoms with E-state index in [-0.39, 0.29) is 5.82 Å². The average molecular weight is 262 g/mol. The number of methoxy groups -OCH3 is 1. The molecule has 1 heterocycles. The number of nitrogen functional groups attached to an aromatic ring is 1. The smallest absolute Gasteiger partial charge is 0.242 e. The summed E-state index contributed by atoms with van der Waals surface area (Å²) in [6.07, 6.45) is 1.36. The normalized spacial score (nSPS) is 10.3. The zero-order chi connectivity index (χ0) is 13.8. The number of anilines is 2. The minimum absolute atomic E-state index is 0.256. The van der Waals surface area contributed by atoms with Crippen LogP contribution in [0.4, 0.5) is 15.9 Å². The standard InChI is InChI=1S/C13H15FN4O/c1-18(7-9-5-3-4-6-10(9)14)12-11(15)13(19-2)17-8-16-12/h3-6,8H,7,15H2,1-2H3. The molecule has 2 aromatic rings. The molecule has 5 nitrogen and oxygen atoms in total. The van der Waals surface area contributed by atoms with Crippen molar-refractivity contribution in [3.05, 3.63) is 42.0 Å². The van der Waals surface area contributed by atoms with Gasteiger partial charge < -0.3 is 15.4 Å². The Kier molecular flexibility index (Phi) is 3.79. The number of halogens is 1. The summed E-state index contributed by atoms with van der Waals surface area (Å²) in [6.45, 7) is 0.358. The molecule has 1 aromatic carbocycles. The Balaban J connectivity index is 2.26. The topological polar surface area (TPSA) is 64.3 Å². The Hall–Kier alpha value is -2.37. The molecule has 2 rings (SSSR count). The SMILES string of the molecule is COc1ncnc(N(C)Cc2ccccc2F)c1N. The molecule has 0 amide bonds. The van der Waals surface area contributed by atoms with Gasteiger partial charge in [-0.3, -0.25) is 0 Å². The van der Waals surface area contributed by atoms with Crippen molar-refractivity contribution in [2.24, 2.45) is 0 Å². The van der Waals surface area contributed by atoms with E-state index >= 15 is 0 Å². The number of nitrogens with two attached hydrogens (primary N) is 1. The zero-order valence-electron chi connectivity index (χ0n) is 10.8. The van der Waals surface area contributed by atoms with Gasteiger partial charge in [0.25, 0.3) is 0 Å². The Bertz CT molecular complexity index is 576. The van der Waals surface area contributed by atoms with Crippen LogP contribution >= 0.6 is 0 Å². The summed E-state index contributed by atoms with van der Waals surface area (Å²) < 4.78 is 18.6. The van der Waals surface area contributed by atoms with Crippen molar-refractivity contribution in [2.75, 3.05) is 24.8 Å². The van der Waals surface area contributed by atoms with Crippen LogP contribution in [0.15, 0.2) is 30.6 Å². The first kappa shape index (κ1) is 13.1. The summed E-state index contributed by atoms with van der Waals surface area (Å²) in [7, 11) is 3.27. The number of nitrogens with zero attached hydrogens (tertiary/aromatic N) is 3. The Labute approximate surface area is 110 Å². The van der Waals surface area contributed by atoms with E-state index in [1.54, 1.807) is 30.1 Å². The van der Waals surface area contributed by atoms with Gasteiger partial charge in [0, 0.05) is 19.2 Å². The highest BCUT2D eigenvalue weighted by Gasteiger charge is 2.13. The lowest BCUT2D eigenvalue weighted by molar-refractivity contribution is 0.399. The fourth-order valence-corrected chi connectivity index (χ4v) is 1.79. The van der Waals surface area contributed by atoms with Crippen LogP contribution in [0, 0.1) is 5.82 Å². The Morgan fingerprint density at radius 3 is 2.74 bits per heavy atom. The largest absolute Gasteiger partial charge is 0.479 e. The molecule has 0 radical (unpaired) electrons. The third-order valence-electron chi connectivity index (χ3n) is 2.75. The van der Waals surface area contributed by atoms with Gasteiger partial charge in [-0.25, -0.2) is 9.37 Å². The van der Waals surface area contributed by atoms with E-state index in [0.29, 0.717) is 29.5 Å². The van der Waals surface area contributed by atoms with Gasteiger partial charge in [-0.15, -0.1) is 0 Å². The maximum atomic E-state index is 13.6. The van der Waals surface area contributed by atoms with Crippen LogP contribution in [0.25, 0.3) is 0 Å². The highest BCUT2D eigenvalue weighted by molar-refractivity contribution is 5.67. The Morgan fingerprint density at radius 1 is 1.32 bits per heavy atom. The summed E-state index contributed by atoms with van der Waals surface area (Å²) in [4.78, 5) is 9.75. The molecule has 1 aromatic heterocycles. The van der Waals surface area contributed by atoms with Crippen molar-refractivity contribution in [2.45, 2.75) is 6.54 Å². The van der Waals surface area contributed by atoms with Gasteiger partial charge in [-0.1, -0.05) is 18.2 Å². The van der Waals surface area contributed by atoms with Crippen LogP contribution in [0.1, 0.15) is 5.56 Å². The van der Waals surface area contributed by atoms with E-state index in [1.165, 1.54) is 19.5 Å². The number of hydrogen-bond donors (Lipinski definition) is 1. The predicted octanol–water partition coefficient (Wildman–Crippen LogP) is 1.84. The van der Waals surface area contributed by atoms with Crippen LogP contribution < -0.4 is 15.4 Å². The van der Waals surface area contributed by atoms with Crippen LogP contribution in [0.3, 0.4) is 0 Å². The minimum atomic E-state index is -0.256. The van der Waals surface area contributed by atoms with Gasteiger partial charge >= 0.3 is 0 Å². The highest BCUT2D eigenvalue weighted by atomic mass is 19.1. The summed E-state index contributed by atoms with van der Waals surface area (Å²) in [6, 6.07) is 6.59. The maximum Gasteiger partial charge on any atom is 0.242 e. The van der Waals surface area contributed by atoms with E-state index in [4.69, 9.17) is 10.5 Å². The summed E-state index contributed by atoms with van der Waals surface area (Å²) in [5.41, 5.74) is 6.81. The van der Waals surface area contributed by atoms with Crippen molar-refractivity contribution >= 4 is 11.5 Å². The molecule has 6 heteroatoms. The minimum Gasteiger partial charge on any atom is -0.479 e. The first-order chi connectivity index (χ1) is 9.13. The first-order valence-corrected chi connectivity index (χ1v) is 5.72. The van der Waals surface area contributed by atoms with Crippen LogP contribution in [-0.2, 0) is 6.54 Å². The molecule has 0 spiro atoms. The van der Waals surface area contributed by atoms with Gasteiger partial charge in [0.2, 0.25) is 5.88 Å². The van der Waals surface area contributed by atoms with E-state index in [2.05, 4.69) is 9.97 Å². The second-order valence-electron chi connectivity index (χ2n) is 4.07. The first-order valence-electron chi connectivity index (χ1n) is 5.72. The number of aromatic nitrogens is 2. The number of benzene rings is 1. The molecular formula is C13H15FN4O. The molecule has 0 unspecified atom stereocenters. The lowest BCUT2D eigenvalue weighted by atomic mass is 10.2. The zero-order valence-corrected chi connectivity index (χ0v) is 10.8. The molecule has 0 aliphatic carbocycles. The molecule has 0 aliphatic rings. The van der Waals surface area contributed by atoms with Gasteiger partial charge in [-0.2, -0.15) is 4.98 Å². The van der Waals surface area contributed by atoms with Crippen molar-refractivity contribution < 1.29 is 9.13 Å². The van der Waals surface area contributed by atoms with E-state index < -0.39 is 0 Å². The summed E-state index contributed by atoms with van der Waals surface area (Å²) in [5.74, 6) is 0.564. The molecule has 0 aliphatic heterocycles. The van der Waals surface area contributed by atoms with Gasteiger partial charge in [-0.05, 0) is 6.07 Å². The van der Waals surface area contributed by atoms with Gasteiger partial charge in [0.15, 0.2) is 5.82 Å². The quantitative estimate of drug-likeness (QED) is 0.910. The van der Waals surface area contributed by atoms with Crippen LogP contribution in [0.5, 0.6) is 5.88 Å². The lowest BCUT2D eigenvalue weighted by Gasteiger charge is -2.20. The molecule has 0 saturated carbocycles. The second kappa shape index (κ2) is 5.51. The van der Waals surface area contributed by atoms with E-state index in [9.17, 15) is 4.39 Å². The van der Waals surface area contributed by atoms with Crippen molar-refractivity contribution in [3.63, 3.8) is 0 Å². The van der Waals surface area contributed by atoms with Crippen molar-refractivity contribution in [1.29, 1.82) is 0 Å². The molecule has 2 N–H and O–H groups in total. The second-order valence-corrected chi connectivity index (χ2v) is 4.07. The van der Waals surface area contributed by atoms with E-state index in [1.807, 2.05) is 0 Å². The summed E-state index contributed by atoms with van der Waals surface area (Å²) in [5, 5.41) is 0. The summed E-state index contributed by atoms with van der Waals surface area (Å²) >= 11 is 0. The average Bonchev–Trinajstić information content (AvgIpc) is 2.41. The van der Waals surface area contributed by atoms with E-state index in [0.717, 1.165) is 0 Å². The fourth-order valence-electron chi connectivity index (χ4n) is 1.79. The number of hydrogen-bond acceptors (Lipinski definition) is 5. The number of ether oxygens (including phenoxy) is 1. The van der Waals surface area contributed by atoms with Gasteiger partial charge in [0.05, 0.1) is 7.11 Å². The van der Waals surface area contributed by atoms with Crippen LogP contribution in [0.2, 0.25) is 0 Å². The Morgan fingerprint density at radius 2 is 2.05 bits per heavy atom. The van der Waals surface area contributed by atoms with Crippen molar-refractivity contribution in [3.8, 4) is 5.88 Å². The van der Waals surface area contributed by atoms with Crippen LogP contribution in [-0.4, -0.2) is 24.1 Å². The van der Waals surface area contributed by atoms with Gasteiger partial charge in [0.1, 0.15) is 17.8 Å². The molecule has 0 bridgehead atoms. The monoisotopic (exact) mass is 262 g/mol. The van der Waals surface area contributed by atoms with Crippen molar-refractivity contribution in [1.82, 2.24) is 9.97 Å². The highest BCUT2D eigenvalue weighted by Crippen LogP contribution is 2.27. The molecule has 0 fully saturated rings. The number of rotatable bonds is 4. The predicted molar refractivity (Wildman–Crippen MR) is 71.5 cm³/mol. The molecule has 19 heavy (non-hydrogen) atoms. The third-order valence-corrected chi connectivity index (χ3v) is 2.75. The maximum absolute atomic E-state index is 13.6. The lowest BCUT2D eigenvalue weighted by Crippen LogP contribution is -2.20. The fraction of sp³-hybridized carbons (Fsp3) is 0.231.